The van der Waals surface area contributed by atoms with Gasteiger partial charge in [-0.15, -0.1) is 0 Å². The van der Waals surface area contributed by atoms with E-state index >= 15 is 0 Å². The van der Waals surface area contributed by atoms with E-state index in [0.29, 0.717) is 31.9 Å². The SMILES string of the molecule is CN(C(=O)c1cc(C(F)(F)F)cc(C(F)(F)F)c1)C(CCC(=O)NCCCN1CCOCC1)Cc1c[nH]c2ccccc12. The molecule has 1 aliphatic heterocycles. The number of rotatable bonds is 11. The van der Waals surface area contributed by atoms with E-state index in [2.05, 4.69) is 15.2 Å². The number of morpholine rings is 1. The zero-order valence-electron chi connectivity index (χ0n) is 23.7. The second-order valence-electron chi connectivity index (χ2n) is 10.6. The van der Waals surface area contributed by atoms with Crippen LogP contribution in [0.3, 0.4) is 0 Å². The largest absolute Gasteiger partial charge is 0.416 e. The number of hydrogen-bond donors (Lipinski definition) is 2. The van der Waals surface area contributed by atoms with Gasteiger partial charge in [-0.3, -0.25) is 14.5 Å². The Kier molecular flexibility index (Phi) is 10.4. The molecule has 7 nitrogen and oxygen atoms in total. The zero-order valence-corrected chi connectivity index (χ0v) is 23.7. The average Bonchev–Trinajstić information content (AvgIpc) is 3.38. The van der Waals surface area contributed by atoms with Crippen molar-refractivity contribution in [3.05, 3.63) is 70.9 Å². The Morgan fingerprint density at radius 3 is 2.33 bits per heavy atom. The van der Waals surface area contributed by atoms with Crippen LogP contribution in [0.5, 0.6) is 0 Å². The third kappa shape index (κ3) is 8.73. The quantitative estimate of drug-likeness (QED) is 0.221. The monoisotopic (exact) mass is 612 g/mol. The summed E-state index contributed by atoms with van der Waals surface area (Å²) in [5, 5.41) is 3.72. The molecule has 13 heteroatoms. The summed E-state index contributed by atoms with van der Waals surface area (Å²) in [6.07, 6.45) is -7.31. The molecule has 2 amide bonds. The van der Waals surface area contributed by atoms with Gasteiger partial charge in [0.15, 0.2) is 0 Å². The average molecular weight is 613 g/mol. The number of carbonyl (C=O) groups is 2. The van der Waals surface area contributed by atoms with E-state index in [4.69, 9.17) is 4.74 Å². The van der Waals surface area contributed by atoms with Crippen molar-refractivity contribution in [1.29, 1.82) is 0 Å². The maximum absolute atomic E-state index is 13.5. The zero-order chi connectivity index (χ0) is 31.2. The molecule has 0 spiro atoms. The van der Waals surface area contributed by atoms with E-state index in [1.165, 1.54) is 7.05 Å². The molecule has 1 saturated heterocycles. The van der Waals surface area contributed by atoms with Crippen molar-refractivity contribution in [3.63, 3.8) is 0 Å². The third-order valence-electron chi connectivity index (χ3n) is 7.61. The normalized spacial score (nSPS) is 15.4. The van der Waals surface area contributed by atoms with E-state index in [9.17, 15) is 35.9 Å². The number of para-hydroxylation sites is 1. The molecular weight excluding hydrogens is 578 g/mol. The minimum absolute atomic E-state index is 0.0103. The number of ether oxygens (including phenoxy) is 1. The van der Waals surface area contributed by atoms with Crippen LogP contribution < -0.4 is 5.32 Å². The van der Waals surface area contributed by atoms with Gasteiger partial charge in [0.2, 0.25) is 5.91 Å². The molecule has 2 heterocycles. The Balaban J connectivity index is 1.50. The fraction of sp³-hybridized carbons (Fsp3) is 0.467. The van der Waals surface area contributed by atoms with Crippen molar-refractivity contribution in [1.82, 2.24) is 20.1 Å². The molecule has 1 fully saturated rings. The van der Waals surface area contributed by atoms with E-state index in [1.807, 2.05) is 24.3 Å². The molecule has 3 aromatic rings. The topological polar surface area (TPSA) is 77.7 Å². The number of fused-ring (bicyclic) bond motifs is 1. The summed E-state index contributed by atoms with van der Waals surface area (Å²) in [4.78, 5) is 32.6. The smallest absolute Gasteiger partial charge is 0.379 e. The lowest BCUT2D eigenvalue weighted by Crippen LogP contribution is -2.40. The number of carbonyl (C=O) groups excluding carboxylic acids is 2. The molecule has 1 unspecified atom stereocenters. The Bertz CT molecular complexity index is 1370. The van der Waals surface area contributed by atoms with Crippen molar-refractivity contribution in [2.24, 2.45) is 0 Å². The second kappa shape index (κ2) is 13.8. The third-order valence-corrected chi connectivity index (χ3v) is 7.61. The molecule has 1 atom stereocenters. The van der Waals surface area contributed by atoms with Crippen molar-refractivity contribution < 1.29 is 40.7 Å². The number of amides is 2. The number of halogens is 6. The van der Waals surface area contributed by atoms with Gasteiger partial charge in [0.25, 0.3) is 5.91 Å². The van der Waals surface area contributed by atoms with Crippen LogP contribution in [0.15, 0.2) is 48.7 Å². The van der Waals surface area contributed by atoms with Gasteiger partial charge in [-0.2, -0.15) is 26.3 Å². The molecule has 1 aliphatic rings. The number of alkyl halides is 6. The van der Waals surface area contributed by atoms with Gasteiger partial charge in [0.1, 0.15) is 0 Å². The molecule has 1 aromatic heterocycles. The van der Waals surface area contributed by atoms with Gasteiger partial charge in [0.05, 0.1) is 24.3 Å². The highest BCUT2D eigenvalue weighted by Gasteiger charge is 2.38. The molecule has 2 aromatic carbocycles. The van der Waals surface area contributed by atoms with Gasteiger partial charge < -0.3 is 19.9 Å². The van der Waals surface area contributed by atoms with Gasteiger partial charge in [-0.25, -0.2) is 0 Å². The summed E-state index contributed by atoms with van der Waals surface area (Å²) in [7, 11) is 1.33. The summed E-state index contributed by atoms with van der Waals surface area (Å²) in [6, 6.07) is 7.53. The number of H-pyrrole nitrogens is 1. The molecule has 234 valence electrons. The fourth-order valence-electron chi connectivity index (χ4n) is 5.18. The molecule has 4 rings (SSSR count). The predicted molar refractivity (Wildman–Crippen MR) is 148 cm³/mol. The summed E-state index contributed by atoms with van der Waals surface area (Å²) in [5.74, 6) is -1.27. The van der Waals surface area contributed by atoms with Gasteiger partial charge in [-0.1, -0.05) is 18.2 Å². The first-order chi connectivity index (χ1) is 20.3. The number of nitrogens with zero attached hydrogens (tertiary/aromatic N) is 2. The summed E-state index contributed by atoms with van der Waals surface area (Å²) >= 11 is 0. The number of hydrogen-bond acceptors (Lipinski definition) is 4. The number of nitrogens with one attached hydrogen (secondary N) is 2. The maximum atomic E-state index is 13.5. The van der Waals surface area contributed by atoms with Crippen LogP contribution >= 0.6 is 0 Å². The van der Waals surface area contributed by atoms with E-state index in [1.54, 1.807) is 6.20 Å². The van der Waals surface area contributed by atoms with Gasteiger partial charge >= 0.3 is 12.4 Å². The van der Waals surface area contributed by atoms with E-state index in [-0.39, 0.29) is 31.2 Å². The number of aromatic amines is 1. The van der Waals surface area contributed by atoms with E-state index in [0.717, 1.165) is 47.4 Å². The van der Waals surface area contributed by atoms with Crippen LogP contribution in [0, 0.1) is 0 Å². The lowest BCUT2D eigenvalue weighted by molar-refractivity contribution is -0.143. The Morgan fingerprint density at radius 1 is 1.02 bits per heavy atom. The van der Waals surface area contributed by atoms with Gasteiger partial charge in [0, 0.05) is 61.8 Å². The van der Waals surface area contributed by atoms with E-state index < -0.39 is 41.0 Å². The van der Waals surface area contributed by atoms with Crippen LogP contribution in [0.2, 0.25) is 0 Å². The minimum atomic E-state index is -5.09. The number of benzene rings is 2. The Morgan fingerprint density at radius 2 is 1.67 bits per heavy atom. The van der Waals surface area contributed by atoms with Crippen LogP contribution in [0.1, 0.15) is 46.3 Å². The molecule has 0 saturated carbocycles. The highest BCUT2D eigenvalue weighted by atomic mass is 19.4. The lowest BCUT2D eigenvalue weighted by atomic mass is 9.98. The second-order valence-corrected chi connectivity index (χ2v) is 10.6. The molecule has 2 N–H and O–H groups in total. The Labute approximate surface area is 245 Å². The molecule has 0 bridgehead atoms. The minimum Gasteiger partial charge on any atom is -0.379 e. The first-order valence-electron chi connectivity index (χ1n) is 14.0. The van der Waals surface area contributed by atoms with Crippen molar-refractivity contribution in [2.75, 3.05) is 46.4 Å². The molecular formula is C30H34F6N4O3. The highest BCUT2D eigenvalue weighted by Crippen LogP contribution is 2.36. The summed E-state index contributed by atoms with van der Waals surface area (Å²) < 4.78 is 86.0. The first kappa shape index (κ1) is 32.3. The standard InChI is InChI=1S/C30H34F6N4O3/c1-39(28(42)20-15-22(29(31,32)33)18-23(16-20)30(34,35)36)24(17-21-19-38-26-6-3-2-5-25(21)26)7-8-27(41)37-9-4-10-40-11-13-43-14-12-40/h2-3,5-6,15-16,18-19,24,38H,4,7-14,17H2,1H3,(H,37,41). The first-order valence-corrected chi connectivity index (χ1v) is 14.0. The van der Waals surface area contributed by atoms with Crippen LogP contribution in [0.25, 0.3) is 10.9 Å². The highest BCUT2D eigenvalue weighted by molar-refractivity contribution is 5.95. The van der Waals surface area contributed by atoms with Crippen molar-refractivity contribution >= 4 is 22.7 Å². The predicted octanol–water partition coefficient (Wildman–Crippen LogP) is 5.51. The fourth-order valence-corrected chi connectivity index (χ4v) is 5.18. The Hall–Kier alpha value is -3.58. The van der Waals surface area contributed by atoms with Crippen LogP contribution in [-0.2, 0) is 28.3 Å². The molecule has 43 heavy (non-hydrogen) atoms. The lowest BCUT2D eigenvalue weighted by Gasteiger charge is -2.29. The van der Waals surface area contributed by atoms with Crippen LogP contribution in [0.4, 0.5) is 26.3 Å². The van der Waals surface area contributed by atoms with Crippen molar-refractivity contribution in [2.45, 2.75) is 44.1 Å². The number of aromatic nitrogens is 1. The molecule has 0 radical (unpaired) electrons. The number of likely N-dealkylation sites (N-methyl/N-ethyl adjacent to an activating group) is 1. The summed E-state index contributed by atoms with van der Waals surface area (Å²) in [6.45, 7) is 4.27. The van der Waals surface area contributed by atoms with Gasteiger partial charge in [-0.05, 0) is 55.6 Å². The van der Waals surface area contributed by atoms with Crippen LogP contribution in [-0.4, -0.2) is 79.1 Å². The molecule has 0 aliphatic carbocycles. The maximum Gasteiger partial charge on any atom is 0.416 e. The summed E-state index contributed by atoms with van der Waals surface area (Å²) in [5.41, 5.74) is -2.24. The van der Waals surface area contributed by atoms with Crippen molar-refractivity contribution in [3.8, 4) is 0 Å².